The molecule has 0 radical (unpaired) electrons. The molecule has 144 valence electrons. The highest BCUT2D eigenvalue weighted by Crippen LogP contribution is 2.23. The van der Waals surface area contributed by atoms with E-state index in [4.69, 9.17) is 0 Å². The number of benzene rings is 1. The Bertz CT molecular complexity index is 851. The SMILES string of the molecule is C[C@@H]1C[C@H](C)CN(Cc2ccccc2CNC(=O)c2ccc(=O)n(C)n2)C1. The van der Waals surface area contributed by atoms with Crippen LogP contribution in [0.2, 0.25) is 0 Å². The number of hydrogen-bond donors (Lipinski definition) is 1. The lowest BCUT2D eigenvalue weighted by Crippen LogP contribution is -2.38. The smallest absolute Gasteiger partial charge is 0.271 e. The van der Waals surface area contributed by atoms with Crippen LogP contribution in [-0.2, 0) is 20.1 Å². The lowest BCUT2D eigenvalue weighted by Gasteiger charge is -2.35. The number of carbonyl (C=O) groups excluding carboxylic acids is 1. The van der Waals surface area contributed by atoms with Gasteiger partial charge in [-0.05, 0) is 35.4 Å². The van der Waals surface area contributed by atoms with Crippen molar-refractivity contribution in [2.24, 2.45) is 18.9 Å². The second-order valence-corrected chi connectivity index (χ2v) is 7.77. The van der Waals surface area contributed by atoms with Crippen LogP contribution in [0.4, 0.5) is 0 Å². The number of aryl methyl sites for hydroxylation is 1. The van der Waals surface area contributed by atoms with Crippen molar-refractivity contribution in [1.29, 1.82) is 0 Å². The van der Waals surface area contributed by atoms with Crippen LogP contribution in [-0.4, -0.2) is 33.7 Å². The molecule has 0 aliphatic carbocycles. The molecule has 1 aliphatic heterocycles. The van der Waals surface area contributed by atoms with Crippen molar-refractivity contribution in [3.05, 3.63) is 63.6 Å². The van der Waals surface area contributed by atoms with Gasteiger partial charge in [0.25, 0.3) is 11.5 Å². The van der Waals surface area contributed by atoms with E-state index in [1.54, 1.807) is 0 Å². The molecule has 0 spiro atoms. The molecule has 1 amide bonds. The van der Waals surface area contributed by atoms with Gasteiger partial charge in [0.05, 0.1) is 0 Å². The average Bonchev–Trinajstić information content (AvgIpc) is 2.62. The van der Waals surface area contributed by atoms with Crippen LogP contribution in [0.25, 0.3) is 0 Å². The number of piperidine rings is 1. The molecule has 1 saturated heterocycles. The van der Waals surface area contributed by atoms with Gasteiger partial charge >= 0.3 is 0 Å². The van der Waals surface area contributed by atoms with Crippen molar-refractivity contribution in [2.75, 3.05) is 13.1 Å². The molecule has 1 N–H and O–H groups in total. The van der Waals surface area contributed by atoms with Crippen LogP contribution in [0.5, 0.6) is 0 Å². The van der Waals surface area contributed by atoms with Gasteiger partial charge in [-0.15, -0.1) is 0 Å². The molecule has 27 heavy (non-hydrogen) atoms. The van der Waals surface area contributed by atoms with E-state index >= 15 is 0 Å². The van der Waals surface area contributed by atoms with E-state index in [9.17, 15) is 9.59 Å². The quantitative estimate of drug-likeness (QED) is 0.878. The average molecular weight is 368 g/mol. The molecule has 2 aromatic rings. The minimum absolute atomic E-state index is 0.234. The minimum Gasteiger partial charge on any atom is -0.347 e. The number of hydrogen-bond acceptors (Lipinski definition) is 4. The first-order valence-corrected chi connectivity index (χ1v) is 9.54. The zero-order chi connectivity index (χ0) is 19.4. The van der Waals surface area contributed by atoms with Crippen LogP contribution in [0.15, 0.2) is 41.2 Å². The molecule has 0 saturated carbocycles. The number of nitrogens with one attached hydrogen (secondary N) is 1. The van der Waals surface area contributed by atoms with Gasteiger partial charge in [0.15, 0.2) is 0 Å². The fraction of sp³-hybridized carbons (Fsp3) is 0.476. The molecule has 1 aliphatic rings. The number of amides is 1. The summed E-state index contributed by atoms with van der Waals surface area (Å²) in [6.07, 6.45) is 1.29. The van der Waals surface area contributed by atoms with Crippen molar-refractivity contribution >= 4 is 5.91 Å². The van der Waals surface area contributed by atoms with Crippen molar-refractivity contribution in [3.63, 3.8) is 0 Å². The van der Waals surface area contributed by atoms with Crippen molar-refractivity contribution in [3.8, 4) is 0 Å². The van der Waals surface area contributed by atoms with Crippen molar-refractivity contribution in [1.82, 2.24) is 20.0 Å². The molecule has 6 heteroatoms. The van der Waals surface area contributed by atoms with E-state index < -0.39 is 0 Å². The Kier molecular flexibility index (Phi) is 6.06. The maximum Gasteiger partial charge on any atom is 0.271 e. The lowest BCUT2D eigenvalue weighted by atomic mass is 9.91. The summed E-state index contributed by atoms with van der Waals surface area (Å²) < 4.78 is 1.17. The van der Waals surface area contributed by atoms with Gasteiger partial charge in [0.1, 0.15) is 5.69 Å². The topological polar surface area (TPSA) is 67.2 Å². The molecule has 1 aromatic heterocycles. The Hall–Kier alpha value is -2.47. The normalized spacial score (nSPS) is 20.4. The summed E-state index contributed by atoms with van der Waals surface area (Å²) in [5.41, 5.74) is 2.37. The lowest BCUT2D eigenvalue weighted by molar-refractivity contribution is 0.0943. The van der Waals surface area contributed by atoms with Crippen molar-refractivity contribution < 1.29 is 4.79 Å². The van der Waals surface area contributed by atoms with Crippen LogP contribution in [0.3, 0.4) is 0 Å². The minimum atomic E-state index is -0.277. The Morgan fingerprint density at radius 2 is 1.78 bits per heavy atom. The predicted octanol–water partition coefficient (Wildman–Crippen LogP) is 2.19. The zero-order valence-electron chi connectivity index (χ0n) is 16.3. The van der Waals surface area contributed by atoms with Crippen LogP contribution >= 0.6 is 0 Å². The van der Waals surface area contributed by atoms with Gasteiger partial charge in [-0.25, -0.2) is 4.68 Å². The third-order valence-electron chi connectivity index (χ3n) is 5.09. The molecule has 1 fully saturated rings. The van der Waals surface area contributed by atoms with Gasteiger partial charge in [-0.1, -0.05) is 38.1 Å². The number of likely N-dealkylation sites (tertiary alicyclic amines) is 1. The Morgan fingerprint density at radius 3 is 2.44 bits per heavy atom. The second-order valence-electron chi connectivity index (χ2n) is 7.77. The molecule has 2 heterocycles. The van der Waals surface area contributed by atoms with Crippen LogP contribution in [0.1, 0.15) is 41.9 Å². The summed E-state index contributed by atoms with van der Waals surface area (Å²) in [4.78, 5) is 26.3. The van der Waals surface area contributed by atoms with Gasteiger partial charge in [-0.3, -0.25) is 14.5 Å². The van der Waals surface area contributed by atoms with Crippen LogP contribution in [0, 0.1) is 11.8 Å². The van der Waals surface area contributed by atoms with E-state index in [0.29, 0.717) is 6.54 Å². The first-order chi connectivity index (χ1) is 12.9. The molecular formula is C21H28N4O2. The molecule has 0 unspecified atom stereocenters. The summed E-state index contributed by atoms with van der Waals surface area (Å²) in [6.45, 7) is 8.21. The Balaban J connectivity index is 1.66. The van der Waals surface area contributed by atoms with E-state index in [-0.39, 0.29) is 17.2 Å². The predicted molar refractivity (Wildman–Crippen MR) is 105 cm³/mol. The molecule has 1 aromatic carbocycles. The summed E-state index contributed by atoms with van der Waals surface area (Å²) in [6, 6.07) is 11.0. The fourth-order valence-corrected chi connectivity index (χ4v) is 3.94. The van der Waals surface area contributed by atoms with E-state index in [2.05, 4.69) is 41.3 Å². The number of nitrogens with zero attached hydrogens (tertiary/aromatic N) is 3. The van der Waals surface area contributed by atoms with Gasteiger partial charge in [0, 0.05) is 39.3 Å². The molecule has 0 bridgehead atoms. The molecule has 3 rings (SSSR count). The third kappa shape index (κ3) is 5.04. The molecular weight excluding hydrogens is 340 g/mol. The maximum atomic E-state index is 12.4. The highest BCUT2D eigenvalue weighted by molar-refractivity contribution is 5.91. The van der Waals surface area contributed by atoms with Crippen molar-refractivity contribution in [2.45, 2.75) is 33.4 Å². The summed E-state index contributed by atoms with van der Waals surface area (Å²) in [7, 11) is 1.54. The van der Waals surface area contributed by atoms with E-state index in [1.807, 2.05) is 12.1 Å². The maximum absolute atomic E-state index is 12.4. The standard InChI is InChI=1S/C21H28N4O2/c1-15-10-16(2)13-25(12-15)14-18-7-5-4-6-17(18)11-22-21(27)19-8-9-20(26)24(3)23-19/h4-9,15-16H,10-14H2,1-3H3,(H,22,27)/t15-,16+. The van der Waals surface area contributed by atoms with E-state index in [1.165, 1.54) is 35.8 Å². The largest absolute Gasteiger partial charge is 0.347 e. The Morgan fingerprint density at radius 1 is 1.11 bits per heavy atom. The summed E-state index contributed by atoms with van der Waals surface area (Å²) in [5, 5.41) is 6.92. The number of aromatic nitrogens is 2. The monoisotopic (exact) mass is 368 g/mol. The zero-order valence-corrected chi connectivity index (χ0v) is 16.3. The first kappa shape index (κ1) is 19.3. The van der Waals surface area contributed by atoms with E-state index in [0.717, 1.165) is 37.0 Å². The molecule has 2 atom stereocenters. The third-order valence-corrected chi connectivity index (χ3v) is 5.09. The first-order valence-electron chi connectivity index (χ1n) is 9.54. The van der Waals surface area contributed by atoms with Crippen LogP contribution < -0.4 is 10.9 Å². The summed E-state index contributed by atoms with van der Waals surface area (Å²) >= 11 is 0. The number of carbonyl (C=O) groups is 1. The highest BCUT2D eigenvalue weighted by Gasteiger charge is 2.22. The van der Waals surface area contributed by atoms with Gasteiger partial charge in [-0.2, -0.15) is 5.10 Å². The second kappa shape index (κ2) is 8.48. The number of rotatable bonds is 5. The van der Waals surface area contributed by atoms with Gasteiger partial charge in [0.2, 0.25) is 0 Å². The fourth-order valence-electron chi connectivity index (χ4n) is 3.94. The molecule has 6 nitrogen and oxygen atoms in total. The highest BCUT2D eigenvalue weighted by atomic mass is 16.2. The Labute approximate surface area is 160 Å². The van der Waals surface area contributed by atoms with Gasteiger partial charge < -0.3 is 5.32 Å². The summed E-state index contributed by atoms with van der Waals surface area (Å²) in [5.74, 6) is 1.16.